The first-order valence-corrected chi connectivity index (χ1v) is 7.14. The molecule has 106 valence electrons. The van der Waals surface area contributed by atoms with Crippen molar-refractivity contribution >= 4 is 17.2 Å². The zero-order valence-corrected chi connectivity index (χ0v) is 12.6. The van der Waals surface area contributed by atoms with Crippen LogP contribution in [0, 0.1) is 20.8 Å². The highest BCUT2D eigenvalue weighted by molar-refractivity contribution is 7.14. The number of thiophene rings is 1. The lowest BCUT2D eigenvalue weighted by Crippen LogP contribution is -2.29. The zero-order valence-electron chi connectivity index (χ0n) is 11.8. The van der Waals surface area contributed by atoms with Crippen LogP contribution in [0.1, 0.15) is 31.2 Å². The van der Waals surface area contributed by atoms with Gasteiger partial charge in [-0.3, -0.25) is 10.2 Å². The Balaban J connectivity index is 2.13. The molecule has 0 saturated heterocycles. The van der Waals surface area contributed by atoms with E-state index in [1.807, 2.05) is 32.0 Å². The summed E-state index contributed by atoms with van der Waals surface area (Å²) < 4.78 is 5.85. The van der Waals surface area contributed by atoms with Crippen molar-refractivity contribution in [2.45, 2.75) is 27.4 Å². The number of hydrazine groups is 1. The molecular weight excluding hydrogens is 272 g/mol. The van der Waals surface area contributed by atoms with Gasteiger partial charge in [-0.15, -0.1) is 11.3 Å². The van der Waals surface area contributed by atoms with Crippen molar-refractivity contribution in [3.8, 4) is 5.75 Å². The maximum atomic E-state index is 11.5. The van der Waals surface area contributed by atoms with Gasteiger partial charge in [-0.25, -0.2) is 5.84 Å². The van der Waals surface area contributed by atoms with Gasteiger partial charge in [0.25, 0.3) is 5.91 Å². The number of carbonyl (C=O) groups excluding carboxylic acids is 1. The molecule has 4 nitrogen and oxygen atoms in total. The number of ether oxygens (including phenoxy) is 1. The molecule has 0 aliphatic carbocycles. The second-order valence-corrected chi connectivity index (χ2v) is 5.91. The zero-order chi connectivity index (χ0) is 14.7. The first-order chi connectivity index (χ1) is 9.52. The predicted molar refractivity (Wildman–Crippen MR) is 81.0 cm³/mol. The molecule has 0 bridgehead atoms. The van der Waals surface area contributed by atoms with E-state index in [1.165, 1.54) is 16.9 Å². The Hall–Kier alpha value is -1.85. The average Bonchev–Trinajstić information content (AvgIpc) is 2.81. The molecule has 2 rings (SSSR count). The smallest absolute Gasteiger partial charge is 0.275 e. The van der Waals surface area contributed by atoms with E-state index in [0.29, 0.717) is 11.5 Å². The Morgan fingerprint density at radius 1 is 1.35 bits per heavy atom. The number of nitrogens with two attached hydrogens (primary N) is 1. The first kappa shape index (κ1) is 14.6. The van der Waals surface area contributed by atoms with Crippen LogP contribution >= 0.6 is 11.3 Å². The fraction of sp³-hybridized carbons (Fsp3) is 0.267. The normalized spacial score (nSPS) is 10.4. The molecule has 5 heteroatoms. The minimum absolute atomic E-state index is 0.268. The molecule has 1 aromatic carbocycles. The second-order valence-electron chi connectivity index (χ2n) is 4.65. The summed E-state index contributed by atoms with van der Waals surface area (Å²) in [5, 5.41) is 0. The highest BCUT2D eigenvalue weighted by Crippen LogP contribution is 2.25. The quantitative estimate of drug-likeness (QED) is 0.517. The van der Waals surface area contributed by atoms with Gasteiger partial charge >= 0.3 is 0 Å². The Kier molecular flexibility index (Phi) is 4.42. The van der Waals surface area contributed by atoms with Crippen molar-refractivity contribution in [1.29, 1.82) is 0 Å². The molecule has 0 radical (unpaired) electrons. The number of aryl methyl sites for hydroxylation is 2. The van der Waals surface area contributed by atoms with Gasteiger partial charge < -0.3 is 4.74 Å². The molecule has 0 saturated carbocycles. The average molecular weight is 290 g/mol. The molecule has 0 atom stereocenters. The SMILES string of the molecule is Cc1cccc(OCc2cc(C(=O)NN)sc2C)c1C. The van der Waals surface area contributed by atoms with Crippen molar-refractivity contribution < 1.29 is 9.53 Å². The Morgan fingerprint density at radius 2 is 2.10 bits per heavy atom. The fourth-order valence-electron chi connectivity index (χ4n) is 1.88. The number of hydrogen-bond donors (Lipinski definition) is 2. The van der Waals surface area contributed by atoms with Crippen molar-refractivity contribution in [2.75, 3.05) is 0 Å². The van der Waals surface area contributed by atoms with Crippen LogP contribution < -0.4 is 16.0 Å². The van der Waals surface area contributed by atoms with Crippen molar-refractivity contribution in [3.05, 3.63) is 50.7 Å². The number of nitrogens with one attached hydrogen (secondary N) is 1. The molecule has 0 unspecified atom stereocenters. The highest BCUT2D eigenvalue weighted by Gasteiger charge is 2.12. The standard InChI is InChI=1S/C15H18N2O2S/c1-9-5-4-6-13(10(9)2)19-8-12-7-14(15(18)17-16)20-11(12)3/h4-7H,8,16H2,1-3H3,(H,17,18). The number of rotatable bonds is 4. The number of nitrogen functional groups attached to an aromatic ring is 1. The summed E-state index contributed by atoms with van der Waals surface area (Å²) in [6, 6.07) is 7.82. The third-order valence-corrected chi connectivity index (χ3v) is 4.41. The number of benzene rings is 1. The largest absolute Gasteiger partial charge is 0.489 e. The molecule has 0 aliphatic heterocycles. The fourth-order valence-corrected chi connectivity index (χ4v) is 2.81. The first-order valence-electron chi connectivity index (χ1n) is 6.32. The molecule has 1 heterocycles. The molecule has 1 amide bonds. The van der Waals surface area contributed by atoms with Gasteiger partial charge in [-0.2, -0.15) is 0 Å². The van der Waals surface area contributed by atoms with Crippen molar-refractivity contribution in [1.82, 2.24) is 5.43 Å². The van der Waals surface area contributed by atoms with Crippen molar-refractivity contribution in [3.63, 3.8) is 0 Å². The molecule has 0 fully saturated rings. The van der Waals surface area contributed by atoms with E-state index >= 15 is 0 Å². The maximum Gasteiger partial charge on any atom is 0.275 e. The lowest BCUT2D eigenvalue weighted by Gasteiger charge is -2.10. The van der Waals surface area contributed by atoms with Gasteiger partial charge in [0.05, 0.1) is 4.88 Å². The summed E-state index contributed by atoms with van der Waals surface area (Å²) in [4.78, 5) is 13.2. The second kappa shape index (κ2) is 6.07. The Labute approximate surface area is 122 Å². The predicted octanol–water partition coefficient (Wildman–Crippen LogP) is 2.86. The molecule has 0 spiro atoms. The summed E-state index contributed by atoms with van der Waals surface area (Å²) in [7, 11) is 0. The van der Waals surface area contributed by atoms with E-state index in [2.05, 4.69) is 18.4 Å². The minimum Gasteiger partial charge on any atom is -0.489 e. The van der Waals surface area contributed by atoms with Gasteiger partial charge in [0.15, 0.2) is 0 Å². The van der Waals surface area contributed by atoms with Crippen LogP contribution in [0.3, 0.4) is 0 Å². The van der Waals surface area contributed by atoms with Gasteiger partial charge in [0, 0.05) is 10.4 Å². The molecule has 2 aromatic rings. The monoisotopic (exact) mass is 290 g/mol. The van der Waals surface area contributed by atoms with Crippen LogP contribution in [0.15, 0.2) is 24.3 Å². The summed E-state index contributed by atoms with van der Waals surface area (Å²) >= 11 is 1.42. The van der Waals surface area contributed by atoms with E-state index in [1.54, 1.807) is 0 Å². The third kappa shape index (κ3) is 3.00. The number of carbonyl (C=O) groups is 1. The van der Waals surface area contributed by atoms with Crippen LogP contribution in [0.4, 0.5) is 0 Å². The maximum absolute atomic E-state index is 11.5. The lowest BCUT2D eigenvalue weighted by atomic mass is 10.1. The Morgan fingerprint density at radius 3 is 2.80 bits per heavy atom. The molecule has 20 heavy (non-hydrogen) atoms. The van der Waals surface area contributed by atoms with E-state index in [4.69, 9.17) is 10.6 Å². The van der Waals surface area contributed by atoms with Crippen LogP contribution in [0.25, 0.3) is 0 Å². The summed E-state index contributed by atoms with van der Waals surface area (Å²) in [6.07, 6.45) is 0. The third-order valence-electron chi connectivity index (χ3n) is 3.31. The van der Waals surface area contributed by atoms with E-state index in [0.717, 1.165) is 21.8 Å². The van der Waals surface area contributed by atoms with Crippen LogP contribution in [-0.4, -0.2) is 5.91 Å². The number of hydrogen-bond acceptors (Lipinski definition) is 4. The van der Waals surface area contributed by atoms with Gasteiger partial charge in [0.1, 0.15) is 12.4 Å². The number of amides is 1. The van der Waals surface area contributed by atoms with Gasteiger partial charge in [0.2, 0.25) is 0 Å². The molecule has 1 aromatic heterocycles. The molecular formula is C15H18N2O2S. The topological polar surface area (TPSA) is 64.3 Å². The summed E-state index contributed by atoms with van der Waals surface area (Å²) in [5.74, 6) is 5.75. The van der Waals surface area contributed by atoms with Gasteiger partial charge in [-0.1, -0.05) is 12.1 Å². The molecule has 0 aliphatic rings. The Bertz CT molecular complexity index is 635. The summed E-state index contributed by atoms with van der Waals surface area (Å²) in [5.41, 5.74) is 5.49. The van der Waals surface area contributed by atoms with Gasteiger partial charge in [-0.05, 0) is 44.0 Å². The lowest BCUT2D eigenvalue weighted by molar-refractivity contribution is 0.0957. The minimum atomic E-state index is -0.268. The molecule has 3 N–H and O–H groups in total. The van der Waals surface area contributed by atoms with Crippen LogP contribution in [-0.2, 0) is 6.61 Å². The van der Waals surface area contributed by atoms with E-state index in [9.17, 15) is 4.79 Å². The highest BCUT2D eigenvalue weighted by atomic mass is 32.1. The van der Waals surface area contributed by atoms with E-state index < -0.39 is 0 Å². The van der Waals surface area contributed by atoms with E-state index in [-0.39, 0.29) is 5.91 Å². The van der Waals surface area contributed by atoms with Crippen LogP contribution in [0.5, 0.6) is 5.75 Å². The van der Waals surface area contributed by atoms with Crippen LogP contribution in [0.2, 0.25) is 0 Å². The van der Waals surface area contributed by atoms with Crippen molar-refractivity contribution in [2.24, 2.45) is 5.84 Å². The summed E-state index contributed by atoms with van der Waals surface area (Å²) in [6.45, 7) is 6.52.